The normalized spacial score (nSPS) is 11.1. The van der Waals surface area contributed by atoms with Gasteiger partial charge >= 0.3 is 12.1 Å². The maximum absolute atomic E-state index is 11.9. The summed E-state index contributed by atoms with van der Waals surface area (Å²) in [5.74, 6) is -0.164. The van der Waals surface area contributed by atoms with Crippen molar-refractivity contribution in [1.29, 1.82) is 0 Å². The van der Waals surface area contributed by atoms with Gasteiger partial charge < -0.3 is 10.1 Å². The molecule has 0 atom stereocenters. The fraction of sp³-hybridized carbons (Fsp3) is 0.100. The van der Waals surface area contributed by atoms with Crippen LogP contribution >= 0.6 is 0 Å². The number of hydrogen-bond donors (Lipinski definition) is 2. The summed E-state index contributed by atoms with van der Waals surface area (Å²) in [6, 6.07) is 4.97. The quantitative estimate of drug-likeness (QED) is 0.890. The molecule has 1 aromatic heterocycles. The van der Waals surface area contributed by atoms with Gasteiger partial charge in [0.1, 0.15) is 5.75 Å². The molecule has 2 aromatic rings. The van der Waals surface area contributed by atoms with Crippen LogP contribution in [-0.4, -0.2) is 21.5 Å². The van der Waals surface area contributed by atoms with E-state index in [1.165, 1.54) is 18.3 Å². The highest BCUT2D eigenvalue weighted by molar-refractivity contribution is 5.55. The van der Waals surface area contributed by atoms with Crippen molar-refractivity contribution in [2.24, 2.45) is 0 Å². The molecule has 1 heterocycles. The van der Waals surface area contributed by atoms with Crippen LogP contribution in [0, 0.1) is 0 Å². The molecule has 6 nitrogen and oxygen atoms in total. The van der Waals surface area contributed by atoms with E-state index in [0.717, 1.165) is 12.1 Å². The van der Waals surface area contributed by atoms with Gasteiger partial charge in [-0.3, -0.25) is 0 Å². The van der Waals surface area contributed by atoms with Gasteiger partial charge in [0.25, 0.3) is 0 Å². The fourth-order valence-electron chi connectivity index (χ4n) is 1.26. The van der Waals surface area contributed by atoms with Crippen LogP contribution in [0.4, 0.5) is 24.7 Å². The zero-order chi connectivity index (χ0) is 13.9. The maximum Gasteiger partial charge on any atom is 0.573 e. The second-order valence-electron chi connectivity index (χ2n) is 3.37. The van der Waals surface area contributed by atoms with Crippen LogP contribution in [0.15, 0.2) is 35.3 Å². The Morgan fingerprint density at radius 3 is 2.47 bits per heavy atom. The number of nitrogens with one attached hydrogen (secondary N) is 2. The molecule has 0 aliphatic rings. The summed E-state index contributed by atoms with van der Waals surface area (Å²) in [4.78, 5) is 14.4. The van der Waals surface area contributed by atoms with E-state index in [9.17, 15) is 18.0 Å². The first kappa shape index (κ1) is 12.9. The van der Waals surface area contributed by atoms with Gasteiger partial charge in [-0.2, -0.15) is 10.1 Å². The molecule has 0 aliphatic heterocycles. The summed E-state index contributed by atoms with van der Waals surface area (Å²) in [6.07, 6.45) is -3.46. The molecule has 0 bridgehead atoms. The minimum Gasteiger partial charge on any atom is -0.406 e. The third kappa shape index (κ3) is 3.98. The summed E-state index contributed by atoms with van der Waals surface area (Å²) < 4.78 is 39.5. The zero-order valence-corrected chi connectivity index (χ0v) is 9.23. The number of aromatic amines is 1. The Morgan fingerprint density at radius 2 is 1.89 bits per heavy atom. The highest BCUT2D eigenvalue weighted by Gasteiger charge is 2.30. The topological polar surface area (TPSA) is 79.9 Å². The monoisotopic (exact) mass is 272 g/mol. The van der Waals surface area contributed by atoms with Crippen LogP contribution in [0.5, 0.6) is 5.75 Å². The molecule has 0 radical (unpaired) electrons. The Morgan fingerprint density at radius 1 is 1.21 bits per heavy atom. The second kappa shape index (κ2) is 4.96. The first-order valence-electron chi connectivity index (χ1n) is 4.97. The fourth-order valence-corrected chi connectivity index (χ4v) is 1.26. The van der Waals surface area contributed by atoms with Crippen LogP contribution in [0.25, 0.3) is 0 Å². The number of H-pyrrole nitrogens is 1. The van der Waals surface area contributed by atoms with Crippen molar-refractivity contribution in [2.45, 2.75) is 6.36 Å². The molecule has 19 heavy (non-hydrogen) atoms. The van der Waals surface area contributed by atoms with E-state index < -0.39 is 12.1 Å². The van der Waals surface area contributed by atoms with Crippen molar-refractivity contribution >= 4 is 11.5 Å². The van der Waals surface area contributed by atoms with E-state index in [4.69, 9.17) is 0 Å². The lowest BCUT2D eigenvalue weighted by Crippen LogP contribution is -2.17. The van der Waals surface area contributed by atoms with E-state index in [1.807, 2.05) is 0 Å². The Hall–Kier alpha value is -2.58. The minimum atomic E-state index is -4.73. The molecule has 0 aliphatic carbocycles. The highest BCUT2D eigenvalue weighted by atomic mass is 19.4. The van der Waals surface area contributed by atoms with Gasteiger partial charge in [0.15, 0.2) is 5.82 Å². The Balaban J connectivity index is 2.09. The van der Waals surface area contributed by atoms with Gasteiger partial charge in [0.05, 0.1) is 6.20 Å². The number of nitrogens with zero attached hydrogens (tertiary/aromatic N) is 2. The minimum absolute atomic E-state index is 0.174. The van der Waals surface area contributed by atoms with E-state index in [2.05, 4.69) is 25.2 Å². The first-order valence-corrected chi connectivity index (χ1v) is 4.97. The standard InChI is InChI=1S/C10H7F3N4O2/c11-10(12,13)19-7-3-1-6(2-4-7)15-8-5-14-17-9(18)16-8/h1-5H,(H2,15,16,17,18). The predicted molar refractivity (Wildman–Crippen MR) is 59.1 cm³/mol. The predicted octanol–water partition coefficient (Wildman–Crippen LogP) is 1.81. The number of hydrogen-bond acceptors (Lipinski definition) is 5. The van der Waals surface area contributed by atoms with E-state index in [0.29, 0.717) is 5.69 Å². The molecule has 0 saturated carbocycles. The Kier molecular flexibility index (Phi) is 3.36. The van der Waals surface area contributed by atoms with E-state index in [1.54, 1.807) is 0 Å². The molecule has 0 unspecified atom stereocenters. The largest absolute Gasteiger partial charge is 0.573 e. The molecule has 9 heteroatoms. The zero-order valence-electron chi connectivity index (χ0n) is 9.23. The molecule has 0 saturated heterocycles. The molecule has 2 N–H and O–H groups in total. The van der Waals surface area contributed by atoms with Crippen LogP contribution in [0.2, 0.25) is 0 Å². The van der Waals surface area contributed by atoms with Gasteiger partial charge in [-0.15, -0.1) is 13.2 Å². The van der Waals surface area contributed by atoms with Gasteiger partial charge in [-0.1, -0.05) is 0 Å². The molecular weight excluding hydrogens is 265 g/mol. The number of alkyl halides is 3. The molecule has 0 fully saturated rings. The average Bonchev–Trinajstić information content (AvgIpc) is 2.30. The highest BCUT2D eigenvalue weighted by Crippen LogP contribution is 2.24. The van der Waals surface area contributed by atoms with Crippen LogP contribution in [-0.2, 0) is 0 Å². The number of rotatable bonds is 3. The number of aromatic nitrogens is 3. The maximum atomic E-state index is 11.9. The van der Waals surface area contributed by atoms with Crippen molar-refractivity contribution in [3.63, 3.8) is 0 Å². The number of ether oxygens (including phenoxy) is 1. The van der Waals surface area contributed by atoms with E-state index in [-0.39, 0.29) is 11.6 Å². The first-order chi connectivity index (χ1) is 8.92. The molecule has 0 amide bonds. The summed E-state index contributed by atoms with van der Waals surface area (Å²) in [6.45, 7) is 0. The lowest BCUT2D eigenvalue weighted by atomic mass is 10.3. The van der Waals surface area contributed by atoms with Crippen LogP contribution in [0.3, 0.4) is 0 Å². The molecular formula is C10H7F3N4O2. The SMILES string of the molecule is O=c1nc(Nc2ccc(OC(F)(F)F)cc2)cn[nH]1. The number of halogens is 3. The molecule has 0 spiro atoms. The van der Waals surface area contributed by atoms with Crippen LogP contribution in [0.1, 0.15) is 0 Å². The number of benzene rings is 1. The van der Waals surface area contributed by atoms with Gasteiger partial charge in [0.2, 0.25) is 0 Å². The van der Waals surface area contributed by atoms with Crippen molar-refractivity contribution in [3.8, 4) is 5.75 Å². The third-order valence-corrected chi connectivity index (χ3v) is 1.93. The molecule has 1 aromatic carbocycles. The van der Waals surface area contributed by atoms with Crippen molar-refractivity contribution < 1.29 is 17.9 Å². The van der Waals surface area contributed by atoms with Crippen LogP contribution < -0.4 is 15.7 Å². The van der Waals surface area contributed by atoms with Gasteiger partial charge in [-0.25, -0.2) is 9.89 Å². The van der Waals surface area contributed by atoms with Gasteiger partial charge in [-0.05, 0) is 24.3 Å². The summed E-state index contributed by atoms with van der Waals surface area (Å²) in [7, 11) is 0. The van der Waals surface area contributed by atoms with Crippen molar-refractivity contribution in [3.05, 3.63) is 40.9 Å². The summed E-state index contributed by atoms with van der Waals surface area (Å²) in [5, 5.41) is 8.31. The van der Waals surface area contributed by atoms with Crippen molar-refractivity contribution in [1.82, 2.24) is 15.2 Å². The lowest BCUT2D eigenvalue weighted by molar-refractivity contribution is -0.274. The smallest absolute Gasteiger partial charge is 0.406 e. The van der Waals surface area contributed by atoms with E-state index >= 15 is 0 Å². The Labute approximate surface area is 104 Å². The average molecular weight is 272 g/mol. The third-order valence-electron chi connectivity index (χ3n) is 1.93. The Bertz CT molecular complexity index is 609. The molecule has 100 valence electrons. The lowest BCUT2D eigenvalue weighted by Gasteiger charge is -2.09. The summed E-state index contributed by atoms with van der Waals surface area (Å²) >= 11 is 0. The van der Waals surface area contributed by atoms with Crippen molar-refractivity contribution in [2.75, 3.05) is 5.32 Å². The van der Waals surface area contributed by atoms with Gasteiger partial charge in [0, 0.05) is 5.69 Å². The molecule has 2 rings (SSSR count). The second-order valence-corrected chi connectivity index (χ2v) is 3.37. The number of anilines is 2. The summed E-state index contributed by atoms with van der Waals surface area (Å²) in [5.41, 5.74) is -0.198.